The molecular formula is C14H20N2O2. The summed E-state index contributed by atoms with van der Waals surface area (Å²) < 4.78 is 5.15. The van der Waals surface area contributed by atoms with Gasteiger partial charge in [-0.25, -0.2) is 0 Å². The van der Waals surface area contributed by atoms with Crippen molar-refractivity contribution < 1.29 is 9.53 Å². The highest BCUT2D eigenvalue weighted by atomic mass is 16.5. The third kappa shape index (κ3) is 3.23. The van der Waals surface area contributed by atoms with Crippen LogP contribution >= 0.6 is 0 Å². The highest BCUT2D eigenvalue weighted by Gasteiger charge is 2.16. The Bertz CT molecular complexity index is 399. The van der Waals surface area contributed by atoms with Crippen molar-refractivity contribution in [3.05, 3.63) is 29.8 Å². The lowest BCUT2D eigenvalue weighted by molar-refractivity contribution is 0.0747. The Morgan fingerprint density at radius 3 is 3.00 bits per heavy atom. The van der Waals surface area contributed by atoms with Gasteiger partial charge in [0.05, 0.1) is 7.11 Å². The molecule has 98 valence electrons. The Morgan fingerprint density at radius 1 is 1.28 bits per heavy atom. The molecule has 0 saturated carbocycles. The van der Waals surface area contributed by atoms with Crippen LogP contribution in [0.1, 0.15) is 23.2 Å². The zero-order valence-corrected chi connectivity index (χ0v) is 10.8. The van der Waals surface area contributed by atoms with Crippen LogP contribution in [0, 0.1) is 0 Å². The fourth-order valence-electron chi connectivity index (χ4n) is 2.15. The summed E-state index contributed by atoms with van der Waals surface area (Å²) in [6.45, 7) is 3.55. The number of benzene rings is 1. The van der Waals surface area contributed by atoms with E-state index in [0.717, 1.165) is 44.8 Å². The van der Waals surface area contributed by atoms with E-state index in [4.69, 9.17) is 4.74 Å². The molecule has 2 rings (SSSR count). The summed E-state index contributed by atoms with van der Waals surface area (Å²) in [5.74, 6) is 0.823. The standard InChI is InChI=1S/C14H20N2O2/c1-18-13-6-4-5-12(11-13)14(17)16-9-3-2-7-15-8-10-16/h4-6,11,15H,2-3,7-10H2,1H3. The van der Waals surface area contributed by atoms with Crippen molar-refractivity contribution in [2.24, 2.45) is 0 Å². The molecule has 1 heterocycles. The van der Waals surface area contributed by atoms with E-state index in [9.17, 15) is 4.79 Å². The molecule has 18 heavy (non-hydrogen) atoms. The molecule has 0 spiro atoms. The predicted molar refractivity (Wildman–Crippen MR) is 71.0 cm³/mol. The second kappa shape index (κ2) is 6.40. The summed E-state index contributed by atoms with van der Waals surface area (Å²) in [6.07, 6.45) is 2.19. The average Bonchev–Trinajstić information content (AvgIpc) is 2.38. The molecule has 1 amide bonds. The fraction of sp³-hybridized carbons (Fsp3) is 0.500. The van der Waals surface area contributed by atoms with Gasteiger partial charge in [0.1, 0.15) is 5.75 Å². The van der Waals surface area contributed by atoms with Crippen molar-refractivity contribution >= 4 is 5.91 Å². The van der Waals surface area contributed by atoms with Crippen molar-refractivity contribution in [3.63, 3.8) is 0 Å². The van der Waals surface area contributed by atoms with Crippen LogP contribution in [-0.2, 0) is 0 Å². The van der Waals surface area contributed by atoms with Gasteiger partial charge in [0.25, 0.3) is 5.91 Å². The van der Waals surface area contributed by atoms with Gasteiger partial charge in [-0.2, -0.15) is 0 Å². The van der Waals surface area contributed by atoms with E-state index in [1.54, 1.807) is 13.2 Å². The summed E-state index contributed by atoms with van der Waals surface area (Å²) in [7, 11) is 1.61. The van der Waals surface area contributed by atoms with Gasteiger partial charge in [-0.05, 0) is 37.6 Å². The molecule has 1 fully saturated rings. The van der Waals surface area contributed by atoms with Crippen LogP contribution in [0.15, 0.2) is 24.3 Å². The minimum Gasteiger partial charge on any atom is -0.497 e. The monoisotopic (exact) mass is 248 g/mol. The van der Waals surface area contributed by atoms with Gasteiger partial charge in [0.2, 0.25) is 0 Å². The molecule has 1 saturated heterocycles. The third-order valence-corrected chi connectivity index (χ3v) is 3.19. The highest BCUT2D eigenvalue weighted by Crippen LogP contribution is 2.15. The van der Waals surface area contributed by atoms with Crippen LogP contribution in [0.4, 0.5) is 0 Å². The van der Waals surface area contributed by atoms with E-state index in [-0.39, 0.29) is 5.91 Å². The molecule has 0 unspecified atom stereocenters. The van der Waals surface area contributed by atoms with Crippen molar-refractivity contribution in [1.82, 2.24) is 10.2 Å². The van der Waals surface area contributed by atoms with Crippen molar-refractivity contribution in [1.29, 1.82) is 0 Å². The normalized spacial score (nSPS) is 16.8. The smallest absolute Gasteiger partial charge is 0.254 e. The number of methoxy groups -OCH3 is 1. The van der Waals surface area contributed by atoms with E-state index in [1.807, 2.05) is 23.1 Å². The Balaban J connectivity index is 2.08. The number of nitrogens with zero attached hydrogens (tertiary/aromatic N) is 1. The SMILES string of the molecule is COc1cccc(C(=O)N2CCCCNCC2)c1. The number of rotatable bonds is 2. The largest absolute Gasteiger partial charge is 0.497 e. The number of carbonyl (C=O) groups is 1. The van der Waals surface area contributed by atoms with Crippen molar-refractivity contribution in [2.75, 3.05) is 33.3 Å². The van der Waals surface area contributed by atoms with Crippen LogP contribution in [0.25, 0.3) is 0 Å². The van der Waals surface area contributed by atoms with Crippen molar-refractivity contribution in [2.45, 2.75) is 12.8 Å². The quantitative estimate of drug-likeness (QED) is 0.863. The maximum atomic E-state index is 12.4. The molecule has 0 atom stereocenters. The lowest BCUT2D eigenvalue weighted by Gasteiger charge is -2.25. The summed E-state index contributed by atoms with van der Waals surface area (Å²) >= 11 is 0. The van der Waals surface area contributed by atoms with Gasteiger partial charge in [0, 0.05) is 25.2 Å². The Kier molecular flexibility index (Phi) is 4.59. The minimum atomic E-state index is 0.0950. The topological polar surface area (TPSA) is 41.6 Å². The lowest BCUT2D eigenvalue weighted by atomic mass is 10.1. The summed E-state index contributed by atoms with van der Waals surface area (Å²) in [5, 5.41) is 3.33. The molecule has 4 nitrogen and oxygen atoms in total. The Labute approximate surface area is 108 Å². The van der Waals surface area contributed by atoms with Gasteiger partial charge in [-0.15, -0.1) is 0 Å². The fourth-order valence-corrected chi connectivity index (χ4v) is 2.15. The number of hydrogen-bond acceptors (Lipinski definition) is 3. The van der Waals surface area contributed by atoms with Crippen LogP contribution < -0.4 is 10.1 Å². The Hall–Kier alpha value is -1.55. The highest BCUT2D eigenvalue weighted by molar-refractivity contribution is 5.94. The van der Waals surface area contributed by atoms with Gasteiger partial charge >= 0.3 is 0 Å². The van der Waals surface area contributed by atoms with E-state index in [1.165, 1.54) is 0 Å². The molecule has 0 bridgehead atoms. The van der Waals surface area contributed by atoms with E-state index in [2.05, 4.69) is 5.32 Å². The molecule has 0 radical (unpaired) electrons. The molecule has 1 aliphatic heterocycles. The van der Waals surface area contributed by atoms with Crippen LogP contribution in [0.3, 0.4) is 0 Å². The van der Waals surface area contributed by atoms with Gasteiger partial charge in [-0.1, -0.05) is 6.07 Å². The molecule has 0 aromatic heterocycles. The first-order valence-electron chi connectivity index (χ1n) is 6.45. The summed E-state index contributed by atoms with van der Waals surface area (Å²) in [6, 6.07) is 7.35. The first kappa shape index (κ1) is 12.9. The zero-order valence-electron chi connectivity index (χ0n) is 10.8. The summed E-state index contributed by atoms with van der Waals surface area (Å²) in [4.78, 5) is 14.3. The van der Waals surface area contributed by atoms with Gasteiger partial charge in [-0.3, -0.25) is 4.79 Å². The zero-order chi connectivity index (χ0) is 12.8. The number of ether oxygens (including phenoxy) is 1. The van der Waals surface area contributed by atoms with E-state index in [0.29, 0.717) is 5.56 Å². The molecule has 1 aromatic rings. The molecule has 0 aliphatic carbocycles. The van der Waals surface area contributed by atoms with Crippen LogP contribution in [0.2, 0.25) is 0 Å². The predicted octanol–water partition coefficient (Wildman–Crippen LogP) is 1.52. The second-order valence-electron chi connectivity index (χ2n) is 4.48. The number of nitrogens with one attached hydrogen (secondary N) is 1. The van der Waals surface area contributed by atoms with Crippen LogP contribution in [-0.4, -0.2) is 44.1 Å². The van der Waals surface area contributed by atoms with E-state index < -0.39 is 0 Å². The molecule has 1 aliphatic rings. The third-order valence-electron chi connectivity index (χ3n) is 3.19. The second-order valence-corrected chi connectivity index (χ2v) is 4.48. The first-order valence-corrected chi connectivity index (χ1v) is 6.45. The van der Waals surface area contributed by atoms with E-state index >= 15 is 0 Å². The summed E-state index contributed by atoms with van der Waals surface area (Å²) in [5.41, 5.74) is 0.704. The lowest BCUT2D eigenvalue weighted by Crippen LogP contribution is -2.39. The number of amides is 1. The van der Waals surface area contributed by atoms with Gasteiger partial charge < -0.3 is 15.0 Å². The molecule has 1 aromatic carbocycles. The van der Waals surface area contributed by atoms with Gasteiger partial charge in [0.15, 0.2) is 0 Å². The van der Waals surface area contributed by atoms with Crippen LogP contribution in [0.5, 0.6) is 5.75 Å². The maximum absolute atomic E-state index is 12.4. The average molecular weight is 248 g/mol. The number of carbonyl (C=O) groups excluding carboxylic acids is 1. The van der Waals surface area contributed by atoms with Crippen molar-refractivity contribution in [3.8, 4) is 5.75 Å². The molecule has 1 N–H and O–H groups in total. The molecular weight excluding hydrogens is 228 g/mol. The number of hydrogen-bond donors (Lipinski definition) is 1. The minimum absolute atomic E-state index is 0.0950. The Morgan fingerprint density at radius 2 is 2.17 bits per heavy atom. The maximum Gasteiger partial charge on any atom is 0.254 e. The molecule has 4 heteroatoms. The first-order chi connectivity index (χ1) is 8.81.